The fourth-order valence-corrected chi connectivity index (χ4v) is 6.25. The van der Waals surface area contributed by atoms with Crippen LogP contribution in [0.4, 0.5) is 0 Å². The summed E-state index contributed by atoms with van der Waals surface area (Å²) < 4.78 is 29.7. The lowest BCUT2D eigenvalue weighted by Gasteiger charge is -2.15. The standard InChI is InChI=1S/C31H31N3O4S/c35-30(34-36)9-3-1-2-6-19-33-39(37,38)29-17-16-23-7-4-5-8-27(23)31(29)25-13-10-22(11-14-25)26-15-12-24-18-20-32-28(24)21-26/h4-5,7-8,10-18,20-21,32-33,36H,1-3,6,9,19H2,(H,34,35). The zero-order valence-electron chi connectivity index (χ0n) is 21.5. The van der Waals surface area contributed by atoms with E-state index in [1.54, 1.807) is 11.5 Å². The molecule has 0 bridgehead atoms. The van der Waals surface area contributed by atoms with Gasteiger partial charge in [-0.25, -0.2) is 18.6 Å². The predicted octanol–water partition coefficient (Wildman–Crippen LogP) is 6.39. The van der Waals surface area contributed by atoms with Crippen LogP contribution in [-0.4, -0.2) is 31.1 Å². The lowest BCUT2D eigenvalue weighted by atomic mass is 9.96. The number of benzene rings is 4. The van der Waals surface area contributed by atoms with Gasteiger partial charge in [-0.05, 0) is 63.9 Å². The molecule has 0 unspecified atom stereocenters. The summed E-state index contributed by atoms with van der Waals surface area (Å²) in [5.74, 6) is -0.408. The molecule has 39 heavy (non-hydrogen) atoms. The van der Waals surface area contributed by atoms with Crippen molar-refractivity contribution in [3.05, 3.63) is 91.1 Å². The van der Waals surface area contributed by atoms with Crippen LogP contribution in [0.15, 0.2) is 96.0 Å². The van der Waals surface area contributed by atoms with Crippen molar-refractivity contribution in [2.24, 2.45) is 0 Å². The maximum absolute atomic E-state index is 13.5. The second kappa shape index (κ2) is 11.8. The van der Waals surface area contributed by atoms with Crippen molar-refractivity contribution < 1.29 is 18.4 Å². The molecule has 0 spiro atoms. The van der Waals surface area contributed by atoms with Crippen molar-refractivity contribution >= 4 is 37.6 Å². The summed E-state index contributed by atoms with van der Waals surface area (Å²) in [6.07, 6.45) is 5.03. The Labute approximate surface area is 227 Å². The number of aromatic amines is 1. The minimum Gasteiger partial charge on any atom is -0.361 e. The van der Waals surface area contributed by atoms with Gasteiger partial charge in [0.1, 0.15) is 0 Å². The normalized spacial score (nSPS) is 11.7. The number of nitrogens with one attached hydrogen (secondary N) is 3. The second-order valence-corrected chi connectivity index (χ2v) is 11.3. The number of hydrogen-bond donors (Lipinski definition) is 4. The zero-order chi connectivity index (χ0) is 27.2. The lowest BCUT2D eigenvalue weighted by molar-refractivity contribution is -0.129. The number of carbonyl (C=O) groups excluding carboxylic acids is 1. The molecule has 0 fully saturated rings. The second-order valence-electron chi connectivity index (χ2n) is 9.61. The minimum absolute atomic E-state index is 0.251. The number of H-pyrrole nitrogens is 1. The molecule has 5 rings (SSSR count). The SMILES string of the molecule is O=C(CCCCCCNS(=O)(=O)c1ccc2ccccc2c1-c1ccc(-c2ccc3cc[nH]c3c2)cc1)NO. The molecule has 0 atom stereocenters. The van der Waals surface area contributed by atoms with Crippen LogP contribution in [0.5, 0.6) is 0 Å². The van der Waals surface area contributed by atoms with Crippen LogP contribution in [0, 0.1) is 0 Å². The topological polar surface area (TPSA) is 111 Å². The van der Waals surface area contributed by atoms with E-state index in [-0.39, 0.29) is 11.3 Å². The van der Waals surface area contributed by atoms with Crippen molar-refractivity contribution in [3.8, 4) is 22.3 Å². The summed E-state index contributed by atoms with van der Waals surface area (Å²) in [4.78, 5) is 14.6. The summed E-state index contributed by atoms with van der Waals surface area (Å²) in [5.41, 5.74) is 6.34. The molecule has 0 saturated heterocycles. The minimum atomic E-state index is -3.77. The van der Waals surface area contributed by atoms with Crippen LogP contribution >= 0.6 is 0 Å². The molecule has 0 aliphatic rings. The molecule has 4 aromatic carbocycles. The van der Waals surface area contributed by atoms with Crippen LogP contribution in [0.3, 0.4) is 0 Å². The van der Waals surface area contributed by atoms with Crippen LogP contribution in [-0.2, 0) is 14.8 Å². The molecule has 1 amide bonds. The summed E-state index contributed by atoms with van der Waals surface area (Å²) >= 11 is 0. The highest BCUT2D eigenvalue weighted by Gasteiger charge is 2.21. The largest absolute Gasteiger partial charge is 0.361 e. The predicted molar refractivity (Wildman–Crippen MR) is 155 cm³/mol. The van der Waals surface area contributed by atoms with E-state index in [1.165, 1.54) is 0 Å². The maximum Gasteiger partial charge on any atom is 0.243 e. The van der Waals surface area contributed by atoms with Crippen molar-refractivity contribution in [1.82, 2.24) is 15.2 Å². The molecular formula is C31H31N3O4S. The van der Waals surface area contributed by atoms with Crippen molar-refractivity contribution in [3.63, 3.8) is 0 Å². The van der Waals surface area contributed by atoms with E-state index in [2.05, 4.69) is 27.9 Å². The highest BCUT2D eigenvalue weighted by atomic mass is 32.2. The maximum atomic E-state index is 13.5. The van der Waals surface area contributed by atoms with Gasteiger partial charge in [0.25, 0.3) is 0 Å². The number of carbonyl (C=O) groups is 1. The van der Waals surface area contributed by atoms with E-state index in [0.29, 0.717) is 24.9 Å². The van der Waals surface area contributed by atoms with Crippen molar-refractivity contribution in [1.29, 1.82) is 0 Å². The number of unbranched alkanes of at least 4 members (excludes halogenated alkanes) is 3. The number of rotatable bonds is 11. The lowest BCUT2D eigenvalue weighted by Crippen LogP contribution is -2.25. The third kappa shape index (κ3) is 6.04. The van der Waals surface area contributed by atoms with E-state index in [9.17, 15) is 13.2 Å². The molecule has 200 valence electrons. The summed E-state index contributed by atoms with van der Waals surface area (Å²) in [6.45, 7) is 0.307. The van der Waals surface area contributed by atoms with E-state index in [4.69, 9.17) is 5.21 Å². The number of aromatic nitrogens is 1. The zero-order valence-corrected chi connectivity index (χ0v) is 22.3. The van der Waals surface area contributed by atoms with Gasteiger partial charge < -0.3 is 4.98 Å². The number of hydrogen-bond acceptors (Lipinski definition) is 4. The first kappa shape index (κ1) is 26.6. The van der Waals surface area contributed by atoms with E-state index in [0.717, 1.165) is 51.2 Å². The first-order valence-corrected chi connectivity index (χ1v) is 14.6. The first-order chi connectivity index (χ1) is 19.0. The van der Waals surface area contributed by atoms with Crippen molar-refractivity contribution in [2.75, 3.05) is 6.54 Å². The fourth-order valence-electron chi connectivity index (χ4n) is 4.93. The number of sulfonamides is 1. The van der Waals surface area contributed by atoms with Crippen LogP contribution in [0.25, 0.3) is 43.9 Å². The van der Waals surface area contributed by atoms with Gasteiger partial charge in [0.05, 0.1) is 4.90 Å². The van der Waals surface area contributed by atoms with Crippen LogP contribution < -0.4 is 10.2 Å². The number of fused-ring (bicyclic) bond motifs is 2. The Morgan fingerprint density at radius 1 is 0.769 bits per heavy atom. The Balaban J connectivity index is 1.38. The summed E-state index contributed by atoms with van der Waals surface area (Å²) in [6, 6.07) is 27.7. The molecule has 0 radical (unpaired) electrons. The quantitative estimate of drug-likeness (QED) is 0.0882. The van der Waals surface area contributed by atoms with Crippen LogP contribution in [0.2, 0.25) is 0 Å². The molecule has 0 aliphatic carbocycles. The Kier molecular flexibility index (Phi) is 8.07. The summed E-state index contributed by atoms with van der Waals surface area (Å²) in [7, 11) is -3.77. The Hall–Kier alpha value is -3.98. The molecule has 5 aromatic rings. The average Bonchev–Trinajstić information content (AvgIpc) is 3.44. The van der Waals surface area contributed by atoms with E-state index < -0.39 is 15.9 Å². The summed E-state index contributed by atoms with van der Waals surface area (Å²) in [5, 5.41) is 11.6. The Morgan fingerprint density at radius 3 is 2.31 bits per heavy atom. The smallest absolute Gasteiger partial charge is 0.243 e. The Bertz CT molecular complexity index is 1710. The Morgan fingerprint density at radius 2 is 1.49 bits per heavy atom. The molecule has 1 aromatic heterocycles. The molecule has 4 N–H and O–H groups in total. The van der Waals surface area contributed by atoms with E-state index >= 15 is 0 Å². The molecule has 1 heterocycles. The third-order valence-electron chi connectivity index (χ3n) is 6.99. The number of amides is 1. The highest BCUT2D eigenvalue weighted by molar-refractivity contribution is 7.89. The molecule has 7 nitrogen and oxygen atoms in total. The highest BCUT2D eigenvalue weighted by Crippen LogP contribution is 2.36. The van der Waals surface area contributed by atoms with Gasteiger partial charge in [-0.2, -0.15) is 0 Å². The van der Waals surface area contributed by atoms with Gasteiger partial charge in [-0.1, -0.05) is 79.6 Å². The first-order valence-electron chi connectivity index (χ1n) is 13.1. The van der Waals surface area contributed by atoms with Gasteiger partial charge in [0.2, 0.25) is 15.9 Å². The third-order valence-corrected chi connectivity index (χ3v) is 8.49. The molecule has 0 saturated carbocycles. The monoisotopic (exact) mass is 541 g/mol. The van der Waals surface area contributed by atoms with Gasteiger partial charge >= 0.3 is 0 Å². The number of hydroxylamine groups is 1. The van der Waals surface area contributed by atoms with Gasteiger partial charge in [0.15, 0.2) is 0 Å². The average molecular weight is 542 g/mol. The molecule has 0 aliphatic heterocycles. The fraction of sp³-hybridized carbons (Fsp3) is 0.194. The van der Waals surface area contributed by atoms with Crippen LogP contribution in [0.1, 0.15) is 32.1 Å². The van der Waals surface area contributed by atoms with Gasteiger partial charge in [0, 0.05) is 30.2 Å². The van der Waals surface area contributed by atoms with Gasteiger partial charge in [-0.3, -0.25) is 10.0 Å². The molecular weight excluding hydrogens is 510 g/mol. The van der Waals surface area contributed by atoms with Crippen molar-refractivity contribution in [2.45, 2.75) is 37.0 Å². The van der Waals surface area contributed by atoms with E-state index in [1.807, 2.05) is 66.9 Å². The van der Waals surface area contributed by atoms with Gasteiger partial charge in [-0.15, -0.1) is 0 Å². The molecule has 8 heteroatoms.